The van der Waals surface area contributed by atoms with Crippen LogP contribution in [-0.2, 0) is 11.3 Å². The van der Waals surface area contributed by atoms with Gasteiger partial charge in [-0.2, -0.15) is 0 Å². The molecule has 2 aromatic rings. The van der Waals surface area contributed by atoms with E-state index < -0.39 is 0 Å². The third kappa shape index (κ3) is 5.10. The summed E-state index contributed by atoms with van der Waals surface area (Å²) in [4.78, 5) is 32.2. The first-order valence-electron chi connectivity index (χ1n) is 8.54. The highest BCUT2D eigenvalue weighted by atomic mass is 32.1. The maximum absolute atomic E-state index is 12.3. The molecular formula is C18H23N5O2S. The number of hydrogen-bond donors (Lipinski definition) is 2. The van der Waals surface area contributed by atoms with Crippen molar-refractivity contribution >= 4 is 34.0 Å². The van der Waals surface area contributed by atoms with Crippen molar-refractivity contribution in [1.82, 2.24) is 14.8 Å². The Balaban J connectivity index is 1.54. The number of carbonyl (C=O) groups is 2. The molecule has 1 saturated heterocycles. The zero-order valence-electron chi connectivity index (χ0n) is 15.0. The fraction of sp³-hybridized carbons (Fsp3) is 0.389. The summed E-state index contributed by atoms with van der Waals surface area (Å²) in [7, 11) is 2.15. The van der Waals surface area contributed by atoms with Gasteiger partial charge in [-0.3, -0.25) is 14.5 Å². The molecule has 2 amide bonds. The molecule has 7 nitrogen and oxygen atoms in total. The summed E-state index contributed by atoms with van der Waals surface area (Å²) < 4.78 is 0. The van der Waals surface area contributed by atoms with Gasteiger partial charge in [0.1, 0.15) is 5.69 Å². The third-order valence-electron chi connectivity index (χ3n) is 4.23. The van der Waals surface area contributed by atoms with Crippen LogP contribution in [0, 0.1) is 0 Å². The molecule has 2 heterocycles. The number of nitrogens with one attached hydrogen (secondary N) is 2. The summed E-state index contributed by atoms with van der Waals surface area (Å²) in [6.07, 6.45) is 0. The van der Waals surface area contributed by atoms with Crippen molar-refractivity contribution in [2.75, 3.05) is 43.9 Å². The average Bonchev–Trinajstić information content (AvgIpc) is 3.06. The first kappa shape index (κ1) is 18.5. The number of carbonyl (C=O) groups excluding carboxylic acids is 2. The van der Waals surface area contributed by atoms with E-state index in [4.69, 9.17) is 0 Å². The van der Waals surface area contributed by atoms with Gasteiger partial charge < -0.3 is 15.5 Å². The molecule has 0 unspecified atom stereocenters. The molecule has 0 atom stereocenters. The number of amides is 2. The third-order valence-corrected chi connectivity index (χ3v) is 4.99. The van der Waals surface area contributed by atoms with Crippen LogP contribution in [0.1, 0.15) is 23.0 Å². The highest BCUT2D eigenvalue weighted by molar-refractivity contribution is 7.14. The van der Waals surface area contributed by atoms with E-state index in [1.165, 1.54) is 23.8 Å². The van der Waals surface area contributed by atoms with Crippen molar-refractivity contribution in [1.29, 1.82) is 0 Å². The zero-order chi connectivity index (χ0) is 18.5. The molecule has 138 valence electrons. The zero-order valence-corrected chi connectivity index (χ0v) is 15.8. The number of nitrogens with zero attached hydrogens (tertiary/aromatic N) is 3. The summed E-state index contributed by atoms with van der Waals surface area (Å²) >= 11 is 1.23. The lowest BCUT2D eigenvalue weighted by atomic mass is 10.1. The molecule has 1 aromatic heterocycles. The molecule has 2 N–H and O–H groups in total. The van der Waals surface area contributed by atoms with E-state index in [1.54, 1.807) is 5.38 Å². The molecule has 1 fully saturated rings. The van der Waals surface area contributed by atoms with Crippen molar-refractivity contribution in [3.05, 3.63) is 40.9 Å². The molecule has 1 aromatic carbocycles. The van der Waals surface area contributed by atoms with E-state index in [9.17, 15) is 9.59 Å². The van der Waals surface area contributed by atoms with Gasteiger partial charge in [-0.15, -0.1) is 11.3 Å². The van der Waals surface area contributed by atoms with Gasteiger partial charge in [-0.25, -0.2) is 4.98 Å². The van der Waals surface area contributed by atoms with Crippen LogP contribution in [-0.4, -0.2) is 59.8 Å². The van der Waals surface area contributed by atoms with Gasteiger partial charge in [0.2, 0.25) is 5.91 Å². The second kappa shape index (κ2) is 8.39. The summed E-state index contributed by atoms with van der Waals surface area (Å²) in [5, 5.41) is 7.46. The molecule has 8 heteroatoms. The van der Waals surface area contributed by atoms with Crippen LogP contribution in [0.2, 0.25) is 0 Å². The van der Waals surface area contributed by atoms with Crippen molar-refractivity contribution in [2.24, 2.45) is 0 Å². The van der Waals surface area contributed by atoms with Crippen LogP contribution in [0.5, 0.6) is 0 Å². The quantitative estimate of drug-likeness (QED) is 0.839. The Bertz CT molecular complexity index is 766. The maximum Gasteiger partial charge on any atom is 0.275 e. The highest BCUT2D eigenvalue weighted by Crippen LogP contribution is 2.18. The minimum absolute atomic E-state index is 0.206. The number of benzene rings is 1. The highest BCUT2D eigenvalue weighted by Gasteiger charge is 2.14. The number of thiazole rings is 1. The molecule has 1 aliphatic rings. The largest absolute Gasteiger partial charge is 0.321 e. The van der Waals surface area contributed by atoms with E-state index in [2.05, 4.69) is 32.5 Å². The minimum Gasteiger partial charge on any atom is -0.321 e. The van der Waals surface area contributed by atoms with Crippen LogP contribution < -0.4 is 10.6 Å². The molecule has 0 spiro atoms. The normalized spacial score (nSPS) is 15.6. The maximum atomic E-state index is 12.3. The van der Waals surface area contributed by atoms with Crippen molar-refractivity contribution in [2.45, 2.75) is 13.5 Å². The van der Waals surface area contributed by atoms with Gasteiger partial charge in [0, 0.05) is 50.7 Å². The summed E-state index contributed by atoms with van der Waals surface area (Å²) in [6, 6.07) is 7.89. The van der Waals surface area contributed by atoms with E-state index in [1.807, 2.05) is 24.3 Å². The first-order chi connectivity index (χ1) is 12.5. The van der Waals surface area contributed by atoms with Crippen LogP contribution in [0.15, 0.2) is 29.6 Å². The molecule has 1 aliphatic heterocycles. The number of aromatic nitrogens is 1. The Morgan fingerprint density at radius 3 is 2.46 bits per heavy atom. The summed E-state index contributed by atoms with van der Waals surface area (Å²) in [6.45, 7) is 6.69. The number of rotatable bonds is 5. The van der Waals surface area contributed by atoms with Gasteiger partial charge in [0.05, 0.1) is 0 Å². The number of likely N-dealkylation sites (N-methyl/N-ethyl adjacent to an activating group) is 1. The van der Waals surface area contributed by atoms with Gasteiger partial charge in [0.25, 0.3) is 5.91 Å². The standard InChI is InChI=1S/C18H23N5O2S/c1-13(24)19-18-21-16(12-26-18)17(25)20-15-5-3-14(4-6-15)11-23-9-7-22(2)8-10-23/h3-6,12H,7-11H2,1-2H3,(H,20,25)(H,19,21,24). The molecular weight excluding hydrogens is 350 g/mol. The lowest BCUT2D eigenvalue weighted by Crippen LogP contribution is -2.43. The second-order valence-corrected chi connectivity index (χ2v) is 7.31. The monoisotopic (exact) mass is 373 g/mol. The van der Waals surface area contributed by atoms with E-state index in [0.717, 1.165) is 38.4 Å². The van der Waals surface area contributed by atoms with Crippen LogP contribution >= 0.6 is 11.3 Å². The fourth-order valence-corrected chi connectivity index (χ4v) is 3.48. The lowest BCUT2D eigenvalue weighted by Gasteiger charge is -2.32. The van der Waals surface area contributed by atoms with E-state index in [0.29, 0.717) is 10.8 Å². The summed E-state index contributed by atoms with van der Waals surface area (Å²) in [5.74, 6) is -0.494. The van der Waals surface area contributed by atoms with Crippen LogP contribution in [0.4, 0.5) is 10.8 Å². The van der Waals surface area contributed by atoms with Crippen molar-refractivity contribution in [3.63, 3.8) is 0 Å². The molecule has 3 rings (SSSR count). The van der Waals surface area contributed by atoms with Gasteiger partial charge in [0.15, 0.2) is 5.13 Å². The van der Waals surface area contributed by atoms with E-state index >= 15 is 0 Å². The minimum atomic E-state index is -0.287. The van der Waals surface area contributed by atoms with Crippen molar-refractivity contribution in [3.8, 4) is 0 Å². The smallest absolute Gasteiger partial charge is 0.275 e. The van der Waals surface area contributed by atoms with Gasteiger partial charge >= 0.3 is 0 Å². The molecule has 0 bridgehead atoms. The van der Waals surface area contributed by atoms with Gasteiger partial charge in [-0.1, -0.05) is 12.1 Å². The molecule has 0 aliphatic carbocycles. The predicted molar refractivity (Wildman–Crippen MR) is 104 cm³/mol. The Hall–Kier alpha value is -2.29. The number of piperazine rings is 1. The van der Waals surface area contributed by atoms with Crippen LogP contribution in [0.25, 0.3) is 0 Å². The second-order valence-electron chi connectivity index (χ2n) is 6.45. The predicted octanol–water partition coefficient (Wildman–Crippen LogP) is 2.10. The molecule has 26 heavy (non-hydrogen) atoms. The first-order valence-corrected chi connectivity index (χ1v) is 9.42. The SMILES string of the molecule is CC(=O)Nc1nc(C(=O)Nc2ccc(CN3CCN(C)CC3)cc2)cs1. The Kier molecular flexibility index (Phi) is 5.97. The Morgan fingerprint density at radius 1 is 1.12 bits per heavy atom. The molecule has 0 saturated carbocycles. The average molecular weight is 373 g/mol. The van der Waals surface area contributed by atoms with Crippen molar-refractivity contribution < 1.29 is 9.59 Å². The number of anilines is 2. The number of hydrogen-bond acceptors (Lipinski definition) is 6. The fourth-order valence-electron chi connectivity index (χ4n) is 2.74. The Labute approximate surface area is 157 Å². The van der Waals surface area contributed by atoms with Gasteiger partial charge in [-0.05, 0) is 24.7 Å². The van der Waals surface area contributed by atoms with E-state index in [-0.39, 0.29) is 11.8 Å². The topological polar surface area (TPSA) is 77.6 Å². The lowest BCUT2D eigenvalue weighted by molar-refractivity contribution is -0.114. The van der Waals surface area contributed by atoms with Crippen LogP contribution in [0.3, 0.4) is 0 Å². The molecule has 0 radical (unpaired) electrons. The summed E-state index contributed by atoms with van der Waals surface area (Å²) in [5.41, 5.74) is 2.25. The Morgan fingerprint density at radius 2 is 1.81 bits per heavy atom.